The molecule has 5 rings (SSSR count). The highest BCUT2D eigenvalue weighted by atomic mass is 19.4. The molecule has 0 bridgehead atoms. The lowest BCUT2D eigenvalue weighted by Gasteiger charge is -2.35. The topological polar surface area (TPSA) is 85.1 Å². The number of aromatic amines is 1. The van der Waals surface area contributed by atoms with Gasteiger partial charge in [-0.15, -0.1) is 13.2 Å². The lowest BCUT2D eigenvalue weighted by Crippen LogP contribution is -2.49. The van der Waals surface area contributed by atoms with Gasteiger partial charge in [-0.05, 0) is 49.7 Å². The molecule has 3 aromatic heterocycles. The molecule has 1 aromatic carbocycles. The summed E-state index contributed by atoms with van der Waals surface area (Å²) in [4.78, 5) is 35.2. The van der Waals surface area contributed by atoms with Gasteiger partial charge in [0.2, 0.25) is 0 Å². The number of halogens is 3. The molecular weight excluding hydrogens is 451 g/mol. The number of hydrogen-bond acceptors (Lipinski definition) is 4. The standard InChI is InChI=1S/C23H20F3N5O3/c1-13-9-29(12-28-13)19-5-6-20-22(33)30(14(2)10-31(20)21(19)32)11-15-8-27-18-4-3-16(7-17(15)18)34-23(24,25)26/h3-9,12,14,27H,10-11H2,1-2H3/t14-/m1/s1. The van der Waals surface area contributed by atoms with Crippen LogP contribution in [0.25, 0.3) is 16.6 Å². The molecule has 4 heterocycles. The van der Waals surface area contributed by atoms with Gasteiger partial charge in [0.25, 0.3) is 11.5 Å². The van der Waals surface area contributed by atoms with Crippen LogP contribution in [0.3, 0.4) is 0 Å². The fourth-order valence-electron chi connectivity index (χ4n) is 4.29. The summed E-state index contributed by atoms with van der Waals surface area (Å²) in [6.07, 6.45) is 0.145. The Kier molecular flexibility index (Phi) is 4.99. The number of rotatable bonds is 4. The number of aryl methyl sites for hydroxylation is 1. The number of pyridine rings is 1. The van der Waals surface area contributed by atoms with Crippen LogP contribution in [-0.2, 0) is 13.1 Å². The van der Waals surface area contributed by atoms with Crippen molar-refractivity contribution in [1.82, 2.24) is 24.0 Å². The number of imidazole rings is 1. The summed E-state index contributed by atoms with van der Waals surface area (Å²) in [5.74, 6) is -0.667. The normalized spacial score (nSPS) is 16.2. The molecule has 8 nitrogen and oxygen atoms in total. The molecule has 4 aromatic rings. The Hall–Kier alpha value is -4.02. The van der Waals surface area contributed by atoms with Crippen LogP contribution < -0.4 is 10.3 Å². The molecular formula is C23H20F3N5O3. The van der Waals surface area contributed by atoms with E-state index in [1.54, 1.807) is 40.3 Å². The van der Waals surface area contributed by atoms with Crippen molar-refractivity contribution in [2.45, 2.75) is 39.3 Å². The summed E-state index contributed by atoms with van der Waals surface area (Å²) in [7, 11) is 0. The maximum absolute atomic E-state index is 13.3. The molecule has 0 unspecified atom stereocenters. The van der Waals surface area contributed by atoms with Crippen molar-refractivity contribution < 1.29 is 22.7 Å². The molecule has 1 aliphatic rings. The molecule has 0 fully saturated rings. The first kappa shape index (κ1) is 21.8. The Labute approximate surface area is 191 Å². The van der Waals surface area contributed by atoms with Crippen LogP contribution in [0.2, 0.25) is 0 Å². The SMILES string of the molecule is Cc1cn(-c2ccc3n(c2=O)C[C@@H](C)N(Cc2c[nH]c4ccc(OC(F)(F)F)cc24)C3=O)cn1. The van der Waals surface area contributed by atoms with Crippen molar-refractivity contribution in [2.75, 3.05) is 0 Å². The van der Waals surface area contributed by atoms with Crippen LogP contribution in [0, 0.1) is 6.92 Å². The minimum Gasteiger partial charge on any atom is -0.406 e. The van der Waals surface area contributed by atoms with Gasteiger partial charge in [-0.3, -0.25) is 9.59 Å². The summed E-state index contributed by atoms with van der Waals surface area (Å²) < 4.78 is 45.0. The number of hydrogen-bond donors (Lipinski definition) is 1. The fraction of sp³-hybridized carbons (Fsp3) is 0.261. The molecule has 1 amide bonds. The highest BCUT2D eigenvalue weighted by Crippen LogP contribution is 2.30. The second-order valence-corrected chi connectivity index (χ2v) is 8.29. The summed E-state index contributed by atoms with van der Waals surface area (Å²) >= 11 is 0. The lowest BCUT2D eigenvalue weighted by atomic mass is 10.1. The van der Waals surface area contributed by atoms with E-state index in [0.29, 0.717) is 22.2 Å². The number of fused-ring (bicyclic) bond motifs is 2. The van der Waals surface area contributed by atoms with E-state index in [0.717, 1.165) is 5.69 Å². The number of nitrogens with zero attached hydrogens (tertiary/aromatic N) is 4. The first-order valence-corrected chi connectivity index (χ1v) is 10.5. The van der Waals surface area contributed by atoms with Gasteiger partial charge in [-0.2, -0.15) is 0 Å². The van der Waals surface area contributed by atoms with Crippen LogP contribution in [0.1, 0.15) is 28.7 Å². The van der Waals surface area contributed by atoms with Gasteiger partial charge in [0.15, 0.2) is 0 Å². The van der Waals surface area contributed by atoms with E-state index < -0.39 is 6.36 Å². The molecule has 0 saturated heterocycles. The average molecular weight is 471 g/mol. The minimum absolute atomic E-state index is 0.159. The first-order chi connectivity index (χ1) is 16.1. The number of amides is 1. The quantitative estimate of drug-likeness (QED) is 0.491. The molecule has 176 valence electrons. The van der Waals surface area contributed by atoms with Crippen molar-refractivity contribution in [1.29, 1.82) is 0 Å². The van der Waals surface area contributed by atoms with Crippen LogP contribution in [0.15, 0.2) is 53.8 Å². The predicted octanol–water partition coefficient (Wildman–Crippen LogP) is 3.77. The summed E-state index contributed by atoms with van der Waals surface area (Å²) in [5, 5.41) is 0.524. The molecule has 1 aliphatic heterocycles. The molecule has 0 radical (unpaired) electrons. The molecule has 1 atom stereocenters. The van der Waals surface area contributed by atoms with Crippen LogP contribution >= 0.6 is 0 Å². The number of benzene rings is 1. The zero-order valence-electron chi connectivity index (χ0n) is 18.3. The van der Waals surface area contributed by atoms with E-state index in [9.17, 15) is 22.8 Å². The third-order valence-electron chi connectivity index (χ3n) is 5.92. The van der Waals surface area contributed by atoms with E-state index >= 15 is 0 Å². The molecule has 0 aliphatic carbocycles. The predicted molar refractivity (Wildman–Crippen MR) is 117 cm³/mol. The zero-order chi connectivity index (χ0) is 24.2. The van der Waals surface area contributed by atoms with E-state index in [1.807, 2.05) is 13.8 Å². The second-order valence-electron chi connectivity index (χ2n) is 8.29. The van der Waals surface area contributed by atoms with Crippen molar-refractivity contribution in [3.05, 3.63) is 76.4 Å². The number of alkyl halides is 3. The van der Waals surface area contributed by atoms with Gasteiger partial charge in [-0.1, -0.05) is 0 Å². The third kappa shape index (κ3) is 3.82. The fourth-order valence-corrected chi connectivity index (χ4v) is 4.29. The Morgan fingerprint density at radius 2 is 2.00 bits per heavy atom. The Morgan fingerprint density at radius 1 is 1.21 bits per heavy atom. The summed E-state index contributed by atoms with van der Waals surface area (Å²) in [5.41, 5.74) is 2.38. The Balaban J connectivity index is 1.46. The first-order valence-electron chi connectivity index (χ1n) is 10.5. The van der Waals surface area contributed by atoms with Gasteiger partial charge < -0.3 is 23.8 Å². The van der Waals surface area contributed by atoms with Crippen molar-refractivity contribution >= 4 is 16.8 Å². The third-order valence-corrected chi connectivity index (χ3v) is 5.92. The summed E-state index contributed by atoms with van der Waals surface area (Å²) in [6, 6.07) is 6.90. The number of H-pyrrole nitrogens is 1. The zero-order valence-corrected chi connectivity index (χ0v) is 18.3. The largest absolute Gasteiger partial charge is 0.573 e. The molecule has 0 spiro atoms. The van der Waals surface area contributed by atoms with Crippen LogP contribution in [-0.4, -0.2) is 42.3 Å². The van der Waals surface area contributed by atoms with Crippen molar-refractivity contribution in [2.24, 2.45) is 0 Å². The highest BCUT2D eigenvalue weighted by molar-refractivity contribution is 5.94. The van der Waals surface area contributed by atoms with Crippen LogP contribution in [0.5, 0.6) is 5.75 Å². The number of ether oxygens (including phenoxy) is 1. The molecule has 11 heteroatoms. The second kappa shape index (κ2) is 7.79. The van der Waals surface area contributed by atoms with E-state index in [-0.39, 0.29) is 42.0 Å². The number of carbonyl (C=O) groups is 1. The van der Waals surface area contributed by atoms with Crippen molar-refractivity contribution in [3.63, 3.8) is 0 Å². The van der Waals surface area contributed by atoms with E-state index in [2.05, 4.69) is 14.7 Å². The molecule has 34 heavy (non-hydrogen) atoms. The highest BCUT2D eigenvalue weighted by Gasteiger charge is 2.33. The van der Waals surface area contributed by atoms with Gasteiger partial charge in [0.05, 0.1) is 12.0 Å². The van der Waals surface area contributed by atoms with Gasteiger partial charge in [-0.25, -0.2) is 4.98 Å². The average Bonchev–Trinajstić information content (AvgIpc) is 3.36. The monoisotopic (exact) mass is 471 g/mol. The number of aromatic nitrogens is 4. The molecule has 1 N–H and O–H groups in total. The number of carbonyl (C=O) groups excluding carboxylic acids is 1. The van der Waals surface area contributed by atoms with Crippen molar-refractivity contribution in [3.8, 4) is 11.4 Å². The maximum atomic E-state index is 13.3. The van der Waals surface area contributed by atoms with E-state index in [4.69, 9.17) is 0 Å². The Bertz CT molecular complexity index is 1470. The van der Waals surface area contributed by atoms with Gasteiger partial charge >= 0.3 is 6.36 Å². The smallest absolute Gasteiger partial charge is 0.406 e. The number of nitrogens with one attached hydrogen (secondary N) is 1. The Morgan fingerprint density at radius 3 is 2.71 bits per heavy atom. The van der Waals surface area contributed by atoms with Gasteiger partial charge in [0, 0.05) is 42.4 Å². The summed E-state index contributed by atoms with van der Waals surface area (Å²) in [6.45, 7) is 4.09. The maximum Gasteiger partial charge on any atom is 0.573 e. The van der Waals surface area contributed by atoms with E-state index in [1.165, 1.54) is 22.8 Å². The van der Waals surface area contributed by atoms with Crippen LogP contribution in [0.4, 0.5) is 13.2 Å². The molecule has 0 saturated carbocycles. The lowest BCUT2D eigenvalue weighted by molar-refractivity contribution is -0.274. The minimum atomic E-state index is -4.80. The van der Waals surface area contributed by atoms with Gasteiger partial charge in [0.1, 0.15) is 17.1 Å².